The van der Waals surface area contributed by atoms with E-state index < -0.39 is 21.9 Å². The molecular weight excluding hydrogens is 288 g/mol. The number of para-hydroxylation sites is 2. The maximum Gasteiger partial charge on any atom is 0.274 e. The molecule has 0 saturated heterocycles. The van der Waals surface area contributed by atoms with Crippen LogP contribution in [-0.2, 0) is 0 Å². The summed E-state index contributed by atoms with van der Waals surface area (Å²) in [6.07, 6.45) is 0. The molecule has 0 amide bonds. The van der Waals surface area contributed by atoms with Crippen LogP contribution in [0.1, 0.15) is 23.2 Å². The molecule has 0 spiro atoms. The fraction of sp³-hybridized carbons (Fsp3) is 0.143. The minimum atomic E-state index is -0.942. The fourth-order valence-corrected chi connectivity index (χ4v) is 2.26. The number of nitro groups is 2. The van der Waals surface area contributed by atoms with Crippen molar-refractivity contribution in [2.45, 2.75) is 12.1 Å². The number of benzene rings is 2. The zero-order chi connectivity index (χ0) is 16.3. The van der Waals surface area contributed by atoms with Gasteiger partial charge in [0.1, 0.15) is 0 Å². The summed E-state index contributed by atoms with van der Waals surface area (Å²) >= 11 is 0. The van der Waals surface area contributed by atoms with Gasteiger partial charge in [-0.2, -0.15) is 0 Å². The van der Waals surface area contributed by atoms with Gasteiger partial charge in [-0.05, 0) is 0 Å². The van der Waals surface area contributed by atoms with Crippen molar-refractivity contribution in [3.8, 4) is 0 Å². The van der Waals surface area contributed by atoms with E-state index in [9.17, 15) is 20.2 Å². The quantitative estimate of drug-likeness (QED) is 0.641. The van der Waals surface area contributed by atoms with Crippen molar-refractivity contribution < 1.29 is 9.85 Å². The van der Waals surface area contributed by atoms with Gasteiger partial charge in [-0.25, -0.2) is 0 Å². The van der Waals surface area contributed by atoms with Gasteiger partial charge in [0.2, 0.25) is 0 Å². The summed E-state index contributed by atoms with van der Waals surface area (Å²) in [4.78, 5) is 21.0. The molecule has 22 heavy (non-hydrogen) atoms. The third-order valence-electron chi connectivity index (χ3n) is 3.37. The van der Waals surface area contributed by atoms with Gasteiger partial charge < -0.3 is 11.5 Å². The van der Waals surface area contributed by atoms with E-state index >= 15 is 0 Å². The predicted octanol–water partition coefficient (Wildman–Crippen LogP) is 2.20. The molecule has 8 heteroatoms. The molecule has 2 aromatic rings. The predicted molar refractivity (Wildman–Crippen MR) is 80.0 cm³/mol. The number of nitrogens with zero attached hydrogens (tertiary/aromatic N) is 2. The molecule has 2 aromatic carbocycles. The molecule has 0 fully saturated rings. The number of hydrogen-bond donors (Lipinski definition) is 2. The van der Waals surface area contributed by atoms with Crippen molar-refractivity contribution in [1.82, 2.24) is 0 Å². The highest BCUT2D eigenvalue weighted by Gasteiger charge is 2.28. The van der Waals surface area contributed by atoms with Crippen molar-refractivity contribution in [3.63, 3.8) is 0 Å². The molecule has 114 valence electrons. The van der Waals surface area contributed by atoms with Gasteiger partial charge >= 0.3 is 0 Å². The van der Waals surface area contributed by atoms with Crippen LogP contribution in [0.4, 0.5) is 11.4 Å². The second-order valence-electron chi connectivity index (χ2n) is 4.68. The summed E-state index contributed by atoms with van der Waals surface area (Å²) in [6.45, 7) is 0. The second kappa shape index (κ2) is 6.29. The van der Waals surface area contributed by atoms with Gasteiger partial charge in [-0.1, -0.05) is 36.4 Å². The second-order valence-corrected chi connectivity index (χ2v) is 4.68. The molecule has 0 saturated carbocycles. The molecule has 0 radical (unpaired) electrons. The molecule has 2 rings (SSSR count). The lowest BCUT2D eigenvalue weighted by Crippen LogP contribution is -2.27. The highest BCUT2D eigenvalue weighted by Crippen LogP contribution is 2.34. The third kappa shape index (κ3) is 2.92. The largest absolute Gasteiger partial charge is 0.322 e. The monoisotopic (exact) mass is 302 g/mol. The summed E-state index contributed by atoms with van der Waals surface area (Å²) in [7, 11) is 0. The number of nitro benzene ring substituents is 2. The zero-order valence-electron chi connectivity index (χ0n) is 11.5. The Kier molecular flexibility index (Phi) is 4.44. The first-order valence-electron chi connectivity index (χ1n) is 6.41. The third-order valence-corrected chi connectivity index (χ3v) is 3.37. The van der Waals surface area contributed by atoms with Gasteiger partial charge in [0.05, 0.1) is 21.9 Å². The summed E-state index contributed by atoms with van der Waals surface area (Å²) in [5.41, 5.74) is 12.2. The molecule has 4 N–H and O–H groups in total. The maximum atomic E-state index is 11.1. The normalized spacial score (nSPS) is 13.4. The van der Waals surface area contributed by atoms with Crippen LogP contribution >= 0.6 is 0 Å². The molecule has 0 bridgehead atoms. The number of nitrogens with two attached hydrogens (primary N) is 2. The lowest BCUT2D eigenvalue weighted by molar-refractivity contribution is -0.386. The van der Waals surface area contributed by atoms with E-state index in [2.05, 4.69) is 0 Å². The highest BCUT2D eigenvalue weighted by atomic mass is 16.6. The Bertz CT molecular complexity index is 658. The van der Waals surface area contributed by atoms with Crippen LogP contribution in [0.15, 0.2) is 48.5 Å². The van der Waals surface area contributed by atoms with Crippen LogP contribution < -0.4 is 11.5 Å². The lowest BCUT2D eigenvalue weighted by Gasteiger charge is -2.20. The first kappa shape index (κ1) is 15.5. The Balaban J connectivity index is 2.45. The van der Waals surface area contributed by atoms with Crippen LogP contribution in [-0.4, -0.2) is 9.85 Å². The van der Waals surface area contributed by atoms with Crippen molar-refractivity contribution in [2.75, 3.05) is 0 Å². The summed E-state index contributed by atoms with van der Waals surface area (Å²) in [5, 5.41) is 22.1. The van der Waals surface area contributed by atoms with E-state index in [1.165, 1.54) is 36.4 Å². The fourth-order valence-electron chi connectivity index (χ4n) is 2.26. The minimum absolute atomic E-state index is 0.163. The van der Waals surface area contributed by atoms with Crippen LogP contribution in [0, 0.1) is 20.2 Å². The van der Waals surface area contributed by atoms with E-state index in [0.29, 0.717) is 0 Å². The lowest BCUT2D eigenvalue weighted by atomic mass is 9.93. The van der Waals surface area contributed by atoms with Crippen LogP contribution in [0.5, 0.6) is 0 Å². The van der Waals surface area contributed by atoms with Gasteiger partial charge in [0.15, 0.2) is 0 Å². The average Bonchev–Trinajstić information content (AvgIpc) is 2.53. The Morgan fingerprint density at radius 2 is 1.05 bits per heavy atom. The molecule has 0 aliphatic heterocycles. The van der Waals surface area contributed by atoms with Crippen LogP contribution in [0.25, 0.3) is 0 Å². The first-order valence-corrected chi connectivity index (χ1v) is 6.41. The van der Waals surface area contributed by atoms with Crippen LogP contribution in [0.2, 0.25) is 0 Å². The molecule has 0 heterocycles. The van der Waals surface area contributed by atoms with Gasteiger partial charge in [0.25, 0.3) is 11.4 Å². The smallest absolute Gasteiger partial charge is 0.274 e. The van der Waals surface area contributed by atoms with Crippen LogP contribution in [0.3, 0.4) is 0 Å². The van der Waals surface area contributed by atoms with E-state index in [1.807, 2.05) is 0 Å². The Labute approximate surface area is 125 Å². The standard InChI is InChI=1S/C14H14N4O4/c15-13(9-5-1-3-7-11(9)17(19)20)14(16)10-6-2-4-8-12(10)18(21)22/h1-8,13-14H,15-16H2. The zero-order valence-corrected chi connectivity index (χ0v) is 11.5. The molecular formula is C14H14N4O4. The van der Waals surface area contributed by atoms with Crippen molar-refractivity contribution in [1.29, 1.82) is 0 Å². The molecule has 0 aliphatic rings. The SMILES string of the molecule is NC(c1ccccc1[N+](=O)[O-])C(N)c1ccccc1[N+](=O)[O-]. The van der Waals surface area contributed by atoms with Gasteiger partial charge in [-0.15, -0.1) is 0 Å². The molecule has 0 aromatic heterocycles. The topological polar surface area (TPSA) is 138 Å². The van der Waals surface area contributed by atoms with Gasteiger partial charge in [0, 0.05) is 23.3 Å². The summed E-state index contributed by atoms with van der Waals surface area (Å²) in [6, 6.07) is 10.0. The van der Waals surface area contributed by atoms with E-state index in [0.717, 1.165) is 0 Å². The molecule has 2 unspecified atom stereocenters. The Morgan fingerprint density at radius 1 is 0.727 bits per heavy atom. The first-order chi connectivity index (χ1) is 10.4. The molecule has 0 aliphatic carbocycles. The molecule has 2 atom stereocenters. The van der Waals surface area contributed by atoms with E-state index in [1.54, 1.807) is 12.1 Å². The van der Waals surface area contributed by atoms with Gasteiger partial charge in [-0.3, -0.25) is 20.2 Å². The average molecular weight is 302 g/mol. The summed E-state index contributed by atoms with van der Waals surface area (Å²) in [5.74, 6) is 0. The maximum absolute atomic E-state index is 11.1. The van der Waals surface area contributed by atoms with E-state index in [-0.39, 0.29) is 22.5 Å². The highest BCUT2D eigenvalue weighted by molar-refractivity contribution is 5.47. The van der Waals surface area contributed by atoms with E-state index in [4.69, 9.17) is 11.5 Å². The number of hydrogen-bond acceptors (Lipinski definition) is 6. The minimum Gasteiger partial charge on any atom is -0.322 e. The Morgan fingerprint density at radius 3 is 1.36 bits per heavy atom. The van der Waals surface area contributed by atoms with Crippen molar-refractivity contribution >= 4 is 11.4 Å². The number of rotatable bonds is 5. The van der Waals surface area contributed by atoms with Crippen molar-refractivity contribution in [2.24, 2.45) is 11.5 Å². The molecule has 8 nitrogen and oxygen atoms in total. The van der Waals surface area contributed by atoms with Crippen molar-refractivity contribution in [3.05, 3.63) is 79.9 Å². The summed E-state index contributed by atoms with van der Waals surface area (Å²) < 4.78 is 0. The Hall–Kier alpha value is -2.84.